The molecule has 3 rings (SSSR count). The third-order valence-electron chi connectivity index (χ3n) is 3.96. The summed E-state index contributed by atoms with van der Waals surface area (Å²) in [4.78, 5) is 11.3. The van der Waals surface area contributed by atoms with Gasteiger partial charge in [-0.1, -0.05) is 6.92 Å². The molecule has 0 fully saturated rings. The molecule has 5 nitrogen and oxygen atoms in total. The number of nitrogens with zero attached hydrogens (tertiary/aromatic N) is 2. The van der Waals surface area contributed by atoms with Crippen LogP contribution in [0.3, 0.4) is 0 Å². The number of hydrogen-bond acceptors (Lipinski definition) is 6. The highest BCUT2D eigenvalue weighted by atomic mass is 32.1. The van der Waals surface area contributed by atoms with Crippen molar-refractivity contribution in [1.82, 2.24) is 9.97 Å². The van der Waals surface area contributed by atoms with Gasteiger partial charge in [0.1, 0.15) is 17.0 Å². The largest absolute Gasteiger partial charge is 0.389 e. The molecule has 0 saturated heterocycles. The zero-order valence-corrected chi connectivity index (χ0v) is 13.2. The average molecular weight is 307 g/mol. The number of aliphatic hydroxyl groups excluding tert-OH is 1. The van der Waals surface area contributed by atoms with Gasteiger partial charge in [-0.05, 0) is 30.7 Å². The fraction of sp³-hybridized carbons (Fsp3) is 0.600. The maximum atomic E-state index is 9.78. The Balaban J connectivity index is 1.89. The number of nitrogens with one attached hydrogen (secondary N) is 1. The second-order valence-corrected chi connectivity index (χ2v) is 6.83. The number of thiophene rings is 1. The molecule has 0 saturated carbocycles. The Labute approximate surface area is 128 Å². The topological polar surface area (TPSA) is 67.3 Å². The Morgan fingerprint density at radius 2 is 2.38 bits per heavy atom. The van der Waals surface area contributed by atoms with Gasteiger partial charge >= 0.3 is 0 Å². The molecule has 2 atom stereocenters. The Morgan fingerprint density at radius 1 is 1.52 bits per heavy atom. The first-order valence-electron chi connectivity index (χ1n) is 7.35. The second kappa shape index (κ2) is 6.25. The maximum absolute atomic E-state index is 9.78. The van der Waals surface area contributed by atoms with Crippen molar-refractivity contribution in [2.45, 2.75) is 32.3 Å². The van der Waals surface area contributed by atoms with E-state index in [4.69, 9.17) is 4.74 Å². The number of hydrogen-bond donors (Lipinski definition) is 2. The van der Waals surface area contributed by atoms with Gasteiger partial charge < -0.3 is 15.2 Å². The van der Waals surface area contributed by atoms with E-state index in [9.17, 15) is 5.11 Å². The van der Waals surface area contributed by atoms with E-state index in [0.717, 1.165) is 34.8 Å². The quantitative estimate of drug-likeness (QED) is 0.886. The monoisotopic (exact) mass is 307 g/mol. The minimum atomic E-state index is -0.533. The first-order valence-corrected chi connectivity index (χ1v) is 8.16. The standard InChI is InChI=1S/C15H21N3O2S/c1-9-3-4-11-12(5-9)21-15-13(11)14(17-8-18-15)16-6-10(19)7-20-2/h8-10,19H,3-7H2,1-2H3,(H,16,17,18). The predicted octanol–water partition coefficient (Wildman–Crippen LogP) is 2.24. The highest BCUT2D eigenvalue weighted by Crippen LogP contribution is 2.39. The van der Waals surface area contributed by atoms with Crippen molar-refractivity contribution in [3.8, 4) is 0 Å². The third kappa shape index (κ3) is 3.02. The van der Waals surface area contributed by atoms with Crippen LogP contribution in [0.25, 0.3) is 10.2 Å². The summed E-state index contributed by atoms with van der Waals surface area (Å²) >= 11 is 1.78. The molecule has 2 aromatic heterocycles. The van der Waals surface area contributed by atoms with Gasteiger partial charge in [0, 0.05) is 18.5 Å². The summed E-state index contributed by atoms with van der Waals surface area (Å²) in [5.41, 5.74) is 1.40. The number of anilines is 1. The van der Waals surface area contributed by atoms with Crippen molar-refractivity contribution in [2.24, 2.45) is 5.92 Å². The molecule has 2 aromatic rings. The molecule has 0 aromatic carbocycles. The van der Waals surface area contributed by atoms with Gasteiger partial charge in [-0.25, -0.2) is 9.97 Å². The predicted molar refractivity (Wildman–Crippen MR) is 85.0 cm³/mol. The summed E-state index contributed by atoms with van der Waals surface area (Å²) in [6, 6.07) is 0. The van der Waals surface area contributed by atoms with Gasteiger partial charge in [0.25, 0.3) is 0 Å². The van der Waals surface area contributed by atoms with Gasteiger partial charge in [0.2, 0.25) is 0 Å². The van der Waals surface area contributed by atoms with E-state index < -0.39 is 6.10 Å². The summed E-state index contributed by atoms with van der Waals surface area (Å²) in [5.74, 6) is 1.58. The molecule has 21 heavy (non-hydrogen) atoms. The molecule has 0 aliphatic heterocycles. The molecule has 2 unspecified atom stereocenters. The van der Waals surface area contributed by atoms with Gasteiger partial charge in [0.05, 0.1) is 18.1 Å². The lowest BCUT2D eigenvalue weighted by Crippen LogP contribution is -2.24. The van der Waals surface area contributed by atoms with Gasteiger partial charge in [0.15, 0.2) is 0 Å². The number of ether oxygens (including phenoxy) is 1. The molecule has 2 heterocycles. The van der Waals surface area contributed by atoms with E-state index in [1.807, 2.05) is 0 Å². The van der Waals surface area contributed by atoms with Crippen LogP contribution in [-0.4, -0.2) is 41.4 Å². The van der Waals surface area contributed by atoms with Crippen LogP contribution in [0.2, 0.25) is 0 Å². The zero-order valence-electron chi connectivity index (χ0n) is 12.4. The number of aromatic nitrogens is 2. The van der Waals surface area contributed by atoms with E-state index in [0.29, 0.717) is 13.2 Å². The van der Waals surface area contributed by atoms with Crippen LogP contribution in [0.1, 0.15) is 23.8 Å². The van der Waals surface area contributed by atoms with Crippen molar-refractivity contribution >= 4 is 27.4 Å². The maximum Gasteiger partial charge on any atom is 0.138 e. The van der Waals surface area contributed by atoms with Gasteiger partial charge in [-0.15, -0.1) is 11.3 Å². The van der Waals surface area contributed by atoms with Crippen molar-refractivity contribution in [3.05, 3.63) is 16.8 Å². The summed E-state index contributed by atoms with van der Waals surface area (Å²) in [5, 5.41) is 14.2. The van der Waals surface area contributed by atoms with E-state index in [1.165, 1.54) is 16.9 Å². The lowest BCUT2D eigenvalue weighted by molar-refractivity contribution is 0.0727. The van der Waals surface area contributed by atoms with E-state index >= 15 is 0 Å². The molecule has 1 aliphatic rings. The SMILES string of the molecule is COCC(O)CNc1ncnc2sc3c(c12)CCC(C)C3. The Hall–Kier alpha value is -1.24. The van der Waals surface area contributed by atoms with Crippen molar-refractivity contribution in [3.63, 3.8) is 0 Å². The number of methoxy groups -OCH3 is 1. The number of rotatable bonds is 5. The number of aliphatic hydroxyl groups is 1. The normalized spacial score (nSPS) is 19.5. The van der Waals surface area contributed by atoms with Crippen molar-refractivity contribution in [2.75, 3.05) is 25.6 Å². The Morgan fingerprint density at radius 3 is 3.19 bits per heavy atom. The first kappa shape index (κ1) is 14.7. The van der Waals surface area contributed by atoms with Gasteiger partial charge in [-0.3, -0.25) is 0 Å². The van der Waals surface area contributed by atoms with Crippen LogP contribution in [0.15, 0.2) is 6.33 Å². The van der Waals surface area contributed by atoms with Crippen LogP contribution in [0, 0.1) is 5.92 Å². The fourth-order valence-electron chi connectivity index (χ4n) is 2.87. The fourth-order valence-corrected chi connectivity index (χ4v) is 4.23. The highest BCUT2D eigenvalue weighted by Gasteiger charge is 2.23. The number of aryl methyl sites for hydroxylation is 1. The van der Waals surface area contributed by atoms with E-state index in [-0.39, 0.29) is 0 Å². The molecule has 2 N–H and O–H groups in total. The summed E-state index contributed by atoms with van der Waals surface area (Å²) in [7, 11) is 1.59. The molecule has 0 spiro atoms. The lowest BCUT2D eigenvalue weighted by Gasteiger charge is -2.18. The Kier molecular flexibility index (Phi) is 4.37. The minimum Gasteiger partial charge on any atom is -0.389 e. The van der Waals surface area contributed by atoms with Crippen LogP contribution >= 0.6 is 11.3 Å². The van der Waals surface area contributed by atoms with Crippen LogP contribution in [0.5, 0.6) is 0 Å². The third-order valence-corrected chi connectivity index (χ3v) is 5.12. The van der Waals surface area contributed by atoms with Crippen molar-refractivity contribution < 1.29 is 9.84 Å². The minimum absolute atomic E-state index is 0.320. The average Bonchev–Trinajstić information content (AvgIpc) is 2.83. The summed E-state index contributed by atoms with van der Waals surface area (Å²) in [6.45, 7) is 3.06. The zero-order chi connectivity index (χ0) is 14.8. The number of fused-ring (bicyclic) bond motifs is 3. The van der Waals surface area contributed by atoms with Gasteiger partial charge in [-0.2, -0.15) is 0 Å². The van der Waals surface area contributed by atoms with Crippen molar-refractivity contribution in [1.29, 1.82) is 0 Å². The molecule has 6 heteroatoms. The molecule has 0 amide bonds. The van der Waals surface area contributed by atoms with E-state index in [1.54, 1.807) is 24.8 Å². The highest BCUT2D eigenvalue weighted by molar-refractivity contribution is 7.19. The smallest absolute Gasteiger partial charge is 0.138 e. The van der Waals surface area contributed by atoms with Crippen LogP contribution < -0.4 is 5.32 Å². The summed E-state index contributed by atoms with van der Waals surface area (Å²) in [6.07, 6.45) is 4.52. The molecule has 0 radical (unpaired) electrons. The van der Waals surface area contributed by atoms with Crippen LogP contribution in [0.4, 0.5) is 5.82 Å². The second-order valence-electron chi connectivity index (χ2n) is 5.74. The summed E-state index contributed by atoms with van der Waals surface area (Å²) < 4.78 is 4.95. The first-order chi connectivity index (χ1) is 10.2. The molecular formula is C15H21N3O2S. The molecule has 0 bridgehead atoms. The molecule has 114 valence electrons. The van der Waals surface area contributed by atoms with Crippen LogP contribution in [-0.2, 0) is 17.6 Å². The molecule has 1 aliphatic carbocycles. The Bertz CT molecular complexity index is 629. The lowest BCUT2D eigenvalue weighted by atomic mass is 9.89. The molecular weight excluding hydrogens is 286 g/mol. The van der Waals surface area contributed by atoms with E-state index in [2.05, 4.69) is 22.2 Å².